The zero-order valence-corrected chi connectivity index (χ0v) is 19.6. The summed E-state index contributed by atoms with van der Waals surface area (Å²) in [5, 5.41) is 10.9. The number of likely N-dealkylation sites (tertiary alicyclic amines) is 1. The van der Waals surface area contributed by atoms with E-state index in [1.165, 1.54) is 31.0 Å². The number of nitrogens with zero attached hydrogens (tertiary/aromatic N) is 4. The number of carbonyl (C=O) groups excluding carboxylic acids is 1. The largest absolute Gasteiger partial charge is 0.342 e. The van der Waals surface area contributed by atoms with Crippen molar-refractivity contribution in [2.24, 2.45) is 5.92 Å². The van der Waals surface area contributed by atoms with Crippen LogP contribution in [0.3, 0.4) is 0 Å². The van der Waals surface area contributed by atoms with Gasteiger partial charge in [-0.2, -0.15) is 0 Å². The summed E-state index contributed by atoms with van der Waals surface area (Å²) >= 11 is 14.1. The standard InChI is InChI=1S/C22H28Cl2N4OS/c1-15-9-11-27(12-10-15)20(29)14-30-22-26-25-21(18-8-7-16(23)13-19(18)24)28(22)17-5-3-2-4-6-17/h7-8,13,15,17H,2-6,9-12,14H2,1H3. The molecule has 2 heterocycles. The molecule has 8 heteroatoms. The summed E-state index contributed by atoms with van der Waals surface area (Å²) in [5.74, 6) is 2.07. The molecule has 5 nitrogen and oxygen atoms in total. The highest BCUT2D eigenvalue weighted by atomic mass is 35.5. The first-order valence-corrected chi connectivity index (χ1v) is 12.6. The lowest BCUT2D eigenvalue weighted by Gasteiger charge is -2.30. The number of hydrogen-bond acceptors (Lipinski definition) is 4. The van der Waals surface area contributed by atoms with Crippen LogP contribution in [-0.4, -0.2) is 44.4 Å². The lowest BCUT2D eigenvalue weighted by Crippen LogP contribution is -2.39. The van der Waals surface area contributed by atoms with Gasteiger partial charge < -0.3 is 4.90 Å². The van der Waals surface area contributed by atoms with E-state index in [1.54, 1.807) is 6.07 Å². The van der Waals surface area contributed by atoms with Gasteiger partial charge in [0, 0.05) is 29.7 Å². The molecular weight excluding hydrogens is 439 g/mol. The minimum atomic E-state index is 0.191. The van der Waals surface area contributed by atoms with Crippen LogP contribution in [0.25, 0.3) is 11.4 Å². The molecule has 162 valence electrons. The van der Waals surface area contributed by atoms with Gasteiger partial charge in [-0.05, 0) is 49.8 Å². The molecule has 1 aromatic carbocycles. The van der Waals surface area contributed by atoms with Crippen molar-refractivity contribution in [2.45, 2.75) is 63.1 Å². The van der Waals surface area contributed by atoms with Crippen molar-refractivity contribution in [3.8, 4) is 11.4 Å². The number of thioether (sulfide) groups is 1. The molecule has 2 aliphatic rings. The number of aromatic nitrogens is 3. The molecule has 0 bridgehead atoms. The molecule has 1 aromatic heterocycles. The first-order valence-electron chi connectivity index (χ1n) is 10.8. The Morgan fingerprint density at radius 3 is 2.53 bits per heavy atom. The van der Waals surface area contributed by atoms with E-state index < -0.39 is 0 Å². The summed E-state index contributed by atoms with van der Waals surface area (Å²) in [4.78, 5) is 14.7. The Kier molecular flexibility index (Phi) is 7.27. The Labute approximate surface area is 192 Å². The van der Waals surface area contributed by atoms with Crippen LogP contribution in [0.5, 0.6) is 0 Å². The highest BCUT2D eigenvalue weighted by molar-refractivity contribution is 7.99. The lowest BCUT2D eigenvalue weighted by atomic mass is 9.95. The summed E-state index contributed by atoms with van der Waals surface area (Å²) < 4.78 is 2.21. The molecular formula is C22H28Cl2N4OS. The van der Waals surface area contributed by atoms with Crippen LogP contribution in [0, 0.1) is 5.92 Å². The number of hydrogen-bond donors (Lipinski definition) is 0. The Hall–Kier alpha value is -1.24. The molecule has 1 amide bonds. The molecule has 0 N–H and O–H groups in total. The predicted octanol–water partition coefficient (Wildman–Crippen LogP) is 6.11. The van der Waals surface area contributed by atoms with Crippen molar-refractivity contribution >= 4 is 40.9 Å². The second kappa shape index (κ2) is 9.92. The van der Waals surface area contributed by atoms with E-state index in [4.69, 9.17) is 23.2 Å². The molecule has 30 heavy (non-hydrogen) atoms. The van der Waals surface area contributed by atoms with Gasteiger partial charge in [-0.3, -0.25) is 9.36 Å². The first kappa shape index (κ1) is 22.0. The van der Waals surface area contributed by atoms with E-state index in [1.807, 2.05) is 17.0 Å². The van der Waals surface area contributed by atoms with Crippen molar-refractivity contribution in [1.29, 1.82) is 0 Å². The van der Waals surface area contributed by atoms with E-state index >= 15 is 0 Å². The van der Waals surface area contributed by atoms with Crippen molar-refractivity contribution in [3.63, 3.8) is 0 Å². The zero-order valence-electron chi connectivity index (χ0n) is 17.3. The van der Waals surface area contributed by atoms with Crippen molar-refractivity contribution in [2.75, 3.05) is 18.8 Å². The lowest BCUT2D eigenvalue weighted by molar-refractivity contribution is -0.129. The molecule has 2 fully saturated rings. The van der Waals surface area contributed by atoms with E-state index in [9.17, 15) is 4.79 Å². The van der Waals surface area contributed by atoms with Crippen LogP contribution >= 0.6 is 35.0 Å². The SMILES string of the molecule is CC1CCN(C(=O)CSc2nnc(-c3ccc(Cl)cc3Cl)n2C2CCCCC2)CC1. The third-order valence-corrected chi connectivity index (χ3v) is 7.71. The van der Waals surface area contributed by atoms with Crippen molar-refractivity contribution in [1.82, 2.24) is 19.7 Å². The van der Waals surface area contributed by atoms with E-state index in [-0.39, 0.29) is 5.91 Å². The first-order chi connectivity index (χ1) is 14.5. The van der Waals surface area contributed by atoms with E-state index in [0.29, 0.717) is 27.8 Å². The van der Waals surface area contributed by atoms with E-state index in [2.05, 4.69) is 21.7 Å². The fourth-order valence-electron chi connectivity index (χ4n) is 4.37. The normalized spacial score (nSPS) is 18.7. The Bertz CT molecular complexity index is 889. The molecule has 4 rings (SSSR count). The van der Waals surface area contributed by atoms with Crippen molar-refractivity contribution < 1.29 is 4.79 Å². The average molecular weight is 467 g/mol. The highest BCUT2D eigenvalue weighted by Crippen LogP contribution is 2.38. The Morgan fingerprint density at radius 2 is 1.83 bits per heavy atom. The van der Waals surface area contributed by atoms with E-state index in [0.717, 1.165) is 55.3 Å². The molecule has 1 aliphatic heterocycles. The van der Waals surface area contributed by atoms with Gasteiger partial charge >= 0.3 is 0 Å². The fraction of sp³-hybridized carbons (Fsp3) is 0.591. The van der Waals surface area contributed by atoms with Gasteiger partial charge in [-0.15, -0.1) is 10.2 Å². The maximum Gasteiger partial charge on any atom is 0.233 e. The summed E-state index contributed by atoms with van der Waals surface area (Å²) in [7, 11) is 0. The van der Waals surface area contributed by atoms with Gasteiger partial charge in [0.25, 0.3) is 0 Å². The number of rotatable bonds is 5. The van der Waals surface area contributed by atoms with Crippen LogP contribution in [0.2, 0.25) is 10.0 Å². The minimum Gasteiger partial charge on any atom is -0.342 e. The third-order valence-electron chi connectivity index (χ3n) is 6.24. The zero-order chi connectivity index (χ0) is 21.1. The minimum absolute atomic E-state index is 0.191. The van der Waals surface area contributed by atoms with Gasteiger partial charge in [0.05, 0.1) is 10.8 Å². The van der Waals surface area contributed by atoms with Gasteiger partial charge in [-0.25, -0.2) is 0 Å². The number of amides is 1. The van der Waals surface area contributed by atoms with Gasteiger partial charge in [0.1, 0.15) is 0 Å². The molecule has 1 aliphatic carbocycles. The Morgan fingerprint density at radius 1 is 1.10 bits per heavy atom. The quantitative estimate of drug-likeness (QED) is 0.498. The molecule has 1 saturated heterocycles. The molecule has 2 aromatic rings. The fourth-order valence-corrected chi connectivity index (χ4v) is 5.78. The highest BCUT2D eigenvalue weighted by Gasteiger charge is 2.26. The summed E-state index contributed by atoms with van der Waals surface area (Å²) in [6.45, 7) is 3.98. The van der Waals surface area contributed by atoms with Crippen LogP contribution in [0.1, 0.15) is 57.9 Å². The summed E-state index contributed by atoms with van der Waals surface area (Å²) in [5.41, 5.74) is 0.835. The third kappa shape index (κ3) is 4.97. The number of carbonyl (C=O) groups is 1. The second-order valence-electron chi connectivity index (χ2n) is 8.44. The molecule has 0 spiro atoms. The Balaban J connectivity index is 1.56. The van der Waals surface area contributed by atoms with Crippen LogP contribution in [0.15, 0.2) is 23.4 Å². The number of benzene rings is 1. The molecule has 0 radical (unpaired) electrons. The summed E-state index contributed by atoms with van der Waals surface area (Å²) in [6, 6.07) is 5.81. The molecule has 0 unspecified atom stereocenters. The topological polar surface area (TPSA) is 51.0 Å². The second-order valence-corrected chi connectivity index (χ2v) is 10.2. The predicted molar refractivity (Wildman–Crippen MR) is 123 cm³/mol. The number of halogens is 2. The van der Waals surface area contributed by atoms with Crippen molar-refractivity contribution in [3.05, 3.63) is 28.2 Å². The maximum atomic E-state index is 12.7. The monoisotopic (exact) mass is 466 g/mol. The van der Waals surface area contributed by atoms with Crippen LogP contribution in [-0.2, 0) is 4.79 Å². The molecule has 1 saturated carbocycles. The molecule has 0 atom stereocenters. The summed E-state index contributed by atoms with van der Waals surface area (Å²) in [6.07, 6.45) is 8.05. The number of piperidine rings is 1. The van der Waals surface area contributed by atoms with Gasteiger partial charge in [0.2, 0.25) is 5.91 Å². The van der Waals surface area contributed by atoms with Crippen LogP contribution in [0.4, 0.5) is 0 Å². The smallest absolute Gasteiger partial charge is 0.233 e. The maximum absolute atomic E-state index is 12.7. The van der Waals surface area contributed by atoms with Gasteiger partial charge in [-0.1, -0.05) is 61.1 Å². The van der Waals surface area contributed by atoms with Gasteiger partial charge in [0.15, 0.2) is 11.0 Å². The van der Waals surface area contributed by atoms with Crippen LogP contribution < -0.4 is 0 Å². The average Bonchev–Trinajstić information content (AvgIpc) is 3.17.